The molecule has 0 amide bonds. The van der Waals surface area contributed by atoms with Crippen molar-refractivity contribution in [2.45, 2.75) is 50.7 Å². The Labute approximate surface area is 221 Å². The monoisotopic (exact) mass is 505 g/mol. The molecule has 8 heteroatoms. The van der Waals surface area contributed by atoms with E-state index in [-0.39, 0.29) is 5.54 Å². The molecule has 1 aromatic carbocycles. The Morgan fingerprint density at radius 2 is 1.86 bits per heavy atom. The van der Waals surface area contributed by atoms with E-state index in [1.165, 1.54) is 11.1 Å². The summed E-state index contributed by atoms with van der Waals surface area (Å²) in [6.07, 6.45) is 6.34. The average molecular weight is 506 g/mol. The highest BCUT2D eigenvalue weighted by molar-refractivity contribution is 5.72. The maximum Gasteiger partial charge on any atom is 0.159 e. The molecule has 1 atom stereocenters. The van der Waals surface area contributed by atoms with E-state index in [0.717, 1.165) is 88.5 Å². The van der Waals surface area contributed by atoms with Crippen LogP contribution in [0.4, 0.5) is 0 Å². The maximum absolute atomic E-state index is 10.1. The lowest BCUT2D eigenvalue weighted by Crippen LogP contribution is -2.50. The maximum atomic E-state index is 10.1. The highest BCUT2D eigenvalue weighted by Crippen LogP contribution is 2.39. The Bertz CT molecular complexity index is 1190. The van der Waals surface area contributed by atoms with Crippen molar-refractivity contribution in [3.63, 3.8) is 0 Å². The Morgan fingerprint density at radius 1 is 1.11 bits per heavy atom. The van der Waals surface area contributed by atoms with Crippen molar-refractivity contribution < 1.29 is 5.11 Å². The molecule has 8 nitrogen and oxygen atoms in total. The molecule has 3 aromatic rings. The topological polar surface area (TPSA) is 72.7 Å². The van der Waals surface area contributed by atoms with Crippen molar-refractivity contribution >= 4 is 11.2 Å². The number of aromatic nitrogens is 3. The number of imidazole rings is 1. The van der Waals surface area contributed by atoms with Crippen molar-refractivity contribution in [1.82, 2.24) is 34.6 Å². The summed E-state index contributed by atoms with van der Waals surface area (Å²) >= 11 is 0. The van der Waals surface area contributed by atoms with Gasteiger partial charge in [0, 0.05) is 64.6 Å². The number of hydrogen-bond donors (Lipinski definition) is 2. The van der Waals surface area contributed by atoms with Crippen LogP contribution in [0.3, 0.4) is 0 Å². The summed E-state index contributed by atoms with van der Waals surface area (Å²) in [5, 5.41) is 13.6. The van der Waals surface area contributed by atoms with Gasteiger partial charge in [-0.3, -0.25) is 14.7 Å². The molecule has 2 aliphatic heterocycles. The number of aryl methyl sites for hydroxylation is 1. The van der Waals surface area contributed by atoms with Crippen LogP contribution in [0.2, 0.25) is 0 Å². The Hall–Kier alpha value is -2.52. The predicted octanol–water partition coefficient (Wildman–Crippen LogP) is 3.47. The number of fused-ring (bicyclic) bond motifs is 1. The van der Waals surface area contributed by atoms with Gasteiger partial charge >= 0.3 is 0 Å². The third-order valence-electron chi connectivity index (χ3n) is 8.58. The molecule has 200 valence electrons. The van der Waals surface area contributed by atoms with Gasteiger partial charge in [-0.2, -0.15) is 0 Å². The predicted molar refractivity (Wildman–Crippen MR) is 149 cm³/mol. The number of benzene rings is 1. The van der Waals surface area contributed by atoms with Gasteiger partial charge in [0.05, 0.1) is 6.04 Å². The lowest BCUT2D eigenvalue weighted by molar-refractivity contribution is 0.0505. The van der Waals surface area contributed by atoms with Gasteiger partial charge in [-0.15, -0.1) is 0 Å². The van der Waals surface area contributed by atoms with Crippen LogP contribution in [-0.4, -0.2) is 87.7 Å². The minimum Gasteiger partial charge on any atom is -0.508 e. The van der Waals surface area contributed by atoms with Gasteiger partial charge < -0.3 is 15.0 Å². The van der Waals surface area contributed by atoms with E-state index in [1.807, 2.05) is 18.3 Å². The summed E-state index contributed by atoms with van der Waals surface area (Å²) in [7, 11) is 6.43. The van der Waals surface area contributed by atoms with Crippen LogP contribution in [0.1, 0.15) is 55.6 Å². The third kappa shape index (κ3) is 5.25. The molecule has 0 aliphatic carbocycles. The Morgan fingerprint density at radius 3 is 2.54 bits per heavy atom. The molecule has 0 spiro atoms. The molecular formula is C29H43N7O. The van der Waals surface area contributed by atoms with Gasteiger partial charge in [0.25, 0.3) is 0 Å². The number of aromatic hydroxyl groups is 1. The average Bonchev–Trinajstić information content (AvgIpc) is 3.23. The molecule has 0 saturated carbocycles. The van der Waals surface area contributed by atoms with Crippen LogP contribution >= 0.6 is 0 Å². The number of piperazine rings is 1. The minimum absolute atomic E-state index is 0.0500. The first-order valence-electron chi connectivity index (χ1n) is 13.9. The zero-order valence-corrected chi connectivity index (χ0v) is 23.0. The molecule has 5 rings (SSSR count). The summed E-state index contributed by atoms with van der Waals surface area (Å²) in [5.41, 5.74) is 4.36. The number of nitrogens with zero attached hydrogens (tertiary/aromatic N) is 6. The van der Waals surface area contributed by atoms with E-state index in [4.69, 9.17) is 9.97 Å². The molecule has 0 unspecified atom stereocenters. The highest BCUT2D eigenvalue weighted by Gasteiger charge is 2.38. The number of phenolic OH excluding ortho intramolecular Hbond substituents is 1. The first-order valence-corrected chi connectivity index (χ1v) is 13.9. The van der Waals surface area contributed by atoms with Crippen LogP contribution in [0, 0.1) is 0 Å². The number of phenols is 1. The molecule has 2 N–H and O–H groups in total. The number of piperidine rings is 1. The smallest absolute Gasteiger partial charge is 0.159 e. The van der Waals surface area contributed by atoms with E-state index < -0.39 is 0 Å². The summed E-state index contributed by atoms with van der Waals surface area (Å²) in [6.45, 7) is 9.37. The van der Waals surface area contributed by atoms with Crippen molar-refractivity contribution in [3.8, 4) is 5.75 Å². The number of hydrogen-bond acceptors (Lipinski definition) is 7. The molecule has 2 aliphatic rings. The second kappa shape index (κ2) is 11.1. The Balaban J connectivity index is 1.31. The van der Waals surface area contributed by atoms with Gasteiger partial charge in [0.1, 0.15) is 17.1 Å². The molecule has 0 radical (unpaired) electrons. The van der Waals surface area contributed by atoms with E-state index >= 15 is 0 Å². The summed E-state index contributed by atoms with van der Waals surface area (Å²) < 4.78 is 2.21. The van der Waals surface area contributed by atoms with Gasteiger partial charge in [0.2, 0.25) is 0 Å². The van der Waals surface area contributed by atoms with Gasteiger partial charge in [0.15, 0.2) is 5.65 Å². The number of nitrogens with one attached hydrogen (secondary N) is 1. The number of rotatable bonds is 8. The van der Waals surface area contributed by atoms with Crippen LogP contribution in [0.25, 0.3) is 11.2 Å². The Kier molecular flexibility index (Phi) is 7.81. The van der Waals surface area contributed by atoms with Crippen molar-refractivity contribution in [3.05, 3.63) is 53.5 Å². The first kappa shape index (κ1) is 26.1. The fourth-order valence-electron chi connectivity index (χ4n) is 6.39. The third-order valence-corrected chi connectivity index (χ3v) is 8.58. The molecule has 2 fully saturated rings. The molecule has 4 heterocycles. The molecular weight excluding hydrogens is 462 g/mol. The van der Waals surface area contributed by atoms with E-state index in [1.54, 1.807) is 6.07 Å². The van der Waals surface area contributed by atoms with Crippen LogP contribution in [0.5, 0.6) is 5.75 Å². The highest BCUT2D eigenvalue weighted by atomic mass is 16.3. The van der Waals surface area contributed by atoms with Crippen molar-refractivity contribution in [2.24, 2.45) is 7.05 Å². The SMILES string of the molecule is CCC[C@H](c1nc2cc(CN3CCC(c4cccc(O)c4)(N(C)C)CC3)cnc2n1C)N1CCNCC1. The molecule has 0 bridgehead atoms. The molecule has 37 heavy (non-hydrogen) atoms. The summed E-state index contributed by atoms with van der Waals surface area (Å²) in [6, 6.07) is 10.4. The van der Waals surface area contributed by atoms with Crippen LogP contribution in [0.15, 0.2) is 36.5 Å². The zero-order valence-electron chi connectivity index (χ0n) is 23.0. The van der Waals surface area contributed by atoms with E-state index in [0.29, 0.717) is 11.8 Å². The lowest BCUT2D eigenvalue weighted by atomic mass is 9.79. The fraction of sp³-hybridized carbons (Fsp3) is 0.586. The molecule has 2 aromatic heterocycles. The molecule has 2 saturated heterocycles. The standard InChI is InChI=1S/C29H43N7O/c1-5-7-26(36-16-12-30-13-17-36)28-32-25-18-22(20-31-27(25)34(28)4)21-35-14-10-29(11-15-35,33(2)3)23-8-6-9-24(37)19-23/h6,8-9,18-20,26,30,37H,5,7,10-17,21H2,1-4H3/t26-/m1/s1. The van der Waals surface area contributed by atoms with Gasteiger partial charge in [-0.05, 0) is 62.7 Å². The second-order valence-electron chi connectivity index (χ2n) is 11.1. The fourth-order valence-corrected chi connectivity index (χ4v) is 6.39. The largest absolute Gasteiger partial charge is 0.508 e. The van der Waals surface area contributed by atoms with Crippen molar-refractivity contribution in [1.29, 1.82) is 0 Å². The van der Waals surface area contributed by atoms with Crippen LogP contribution < -0.4 is 5.32 Å². The summed E-state index contributed by atoms with van der Waals surface area (Å²) in [5.74, 6) is 1.48. The minimum atomic E-state index is -0.0500. The number of likely N-dealkylation sites (tertiary alicyclic amines) is 1. The second-order valence-corrected chi connectivity index (χ2v) is 11.1. The first-order chi connectivity index (χ1) is 17.9. The number of pyridine rings is 1. The van der Waals surface area contributed by atoms with Gasteiger partial charge in [-0.25, -0.2) is 9.97 Å². The quantitative estimate of drug-likeness (QED) is 0.486. The summed E-state index contributed by atoms with van der Waals surface area (Å²) in [4.78, 5) is 17.5. The lowest BCUT2D eigenvalue weighted by Gasteiger charge is -2.46. The van der Waals surface area contributed by atoms with E-state index in [9.17, 15) is 5.11 Å². The van der Waals surface area contributed by atoms with Gasteiger partial charge in [-0.1, -0.05) is 25.5 Å². The van der Waals surface area contributed by atoms with E-state index in [2.05, 4.69) is 64.8 Å². The zero-order chi connectivity index (χ0) is 26.0. The van der Waals surface area contributed by atoms with Crippen LogP contribution in [-0.2, 0) is 19.1 Å². The van der Waals surface area contributed by atoms with Crippen molar-refractivity contribution in [2.75, 3.05) is 53.4 Å². The normalized spacial score (nSPS) is 20.0.